The first-order valence-corrected chi connectivity index (χ1v) is 12.3. The second-order valence-electron chi connectivity index (χ2n) is 8.95. The van der Waals surface area contributed by atoms with Crippen LogP contribution in [-0.4, -0.2) is 39.4 Å². The minimum atomic E-state index is -0.469. The first-order valence-electron chi connectivity index (χ1n) is 11.4. The fourth-order valence-electron chi connectivity index (χ4n) is 4.50. The molecule has 3 aromatic rings. The van der Waals surface area contributed by atoms with Gasteiger partial charge in [-0.25, -0.2) is 4.98 Å². The second-order valence-corrected chi connectivity index (χ2v) is 9.80. The highest BCUT2D eigenvalue weighted by Gasteiger charge is 2.40. The van der Waals surface area contributed by atoms with Gasteiger partial charge in [0.25, 0.3) is 0 Å². The highest BCUT2D eigenvalue weighted by Crippen LogP contribution is 2.31. The number of carbonyl (C=O) groups excluding carboxylic acids is 2. The molecule has 1 N–H and O–H groups in total. The molecule has 7 nitrogen and oxygen atoms in total. The Bertz CT molecular complexity index is 1090. The Labute approximate surface area is 198 Å². The van der Waals surface area contributed by atoms with E-state index in [1.807, 2.05) is 45.3 Å². The van der Waals surface area contributed by atoms with E-state index in [9.17, 15) is 9.59 Å². The third-order valence-electron chi connectivity index (χ3n) is 6.31. The lowest BCUT2D eigenvalue weighted by Gasteiger charge is -2.29. The number of carbonyl (C=O) groups is 2. The van der Waals surface area contributed by atoms with Crippen LogP contribution in [0, 0.1) is 12.8 Å². The van der Waals surface area contributed by atoms with E-state index in [1.54, 1.807) is 28.5 Å². The van der Waals surface area contributed by atoms with Crippen molar-refractivity contribution in [2.24, 2.45) is 5.92 Å². The maximum atomic E-state index is 13.4. The summed E-state index contributed by atoms with van der Waals surface area (Å²) in [7, 11) is 0. The van der Waals surface area contributed by atoms with Crippen LogP contribution >= 0.6 is 11.3 Å². The normalized spacial score (nSPS) is 17.8. The number of thiazole rings is 1. The third-order valence-corrected chi connectivity index (χ3v) is 7.29. The molecule has 1 aliphatic heterocycles. The third kappa shape index (κ3) is 4.85. The molecule has 0 radical (unpaired) electrons. The van der Waals surface area contributed by atoms with Crippen molar-refractivity contribution in [3.63, 3.8) is 0 Å². The lowest BCUT2D eigenvalue weighted by molar-refractivity contribution is -0.141. The SMILES string of the molecule is Cc1ncsc1-c1ccc(C(C)NC(=O)C2CCCN2C(=O)C(c2ccno2)C(C)C)cc1. The van der Waals surface area contributed by atoms with Gasteiger partial charge in [-0.1, -0.05) is 43.3 Å². The quantitative estimate of drug-likeness (QED) is 0.545. The predicted octanol–water partition coefficient (Wildman–Crippen LogP) is 4.71. The lowest BCUT2D eigenvalue weighted by atomic mass is 9.91. The second kappa shape index (κ2) is 9.87. The van der Waals surface area contributed by atoms with Crippen molar-refractivity contribution in [1.82, 2.24) is 20.4 Å². The molecule has 2 amide bonds. The molecule has 33 heavy (non-hydrogen) atoms. The van der Waals surface area contributed by atoms with E-state index in [1.165, 1.54) is 0 Å². The summed E-state index contributed by atoms with van der Waals surface area (Å²) >= 11 is 1.62. The van der Waals surface area contributed by atoms with Crippen LogP contribution in [0.1, 0.15) is 62.6 Å². The van der Waals surface area contributed by atoms with Crippen molar-refractivity contribution in [2.45, 2.75) is 58.5 Å². The van der Waals surface area contributed by atoms with E-state index < -0.39 is 12.0 Å². The lowest BCUT2D eigenvalue weighted by Crippen LogP contribution is -2.48. The topological polar surface area (TPSA) is 88.3 Å². The van der Waals surface area contributed by atoms with Gasteiger partial charge in [-0.05, 0) is 43.7 Å². The fraction of sp³-hybridized carbons (Fsp3) is 0.440. The number of benzene rings is 1. The van der Waals surface area contributed by atoms with Crippen molar-refractivity contribution in [1.29, 1.82) is 0 Å². The summed E-state index contributed by atoms with van der Waals surface area (Å²) in [5.41, 5.74) is 5.01. The highest BCUT2D eigenvalue weighted by atomic mass is 32.1. The Morgan fingerprint density at radius 1 is 1.18 bits per heavy atom. The molecule has 3 atom stereocenters. The zero-order chi connectivity index (χ0) is 23.5. The first-order chi connectivity index (χ1) is 15.9. The smallest absolute Gasteiger partial charge is 0.243 e. The summed E-state index contributed by atoms with van der Waals surface area (Å²) < 4.78 is 5.30. The van der Waals surface area contributed by atoms with Gasteiger partial charge in [0.15, 0.2) is 0 Å². The summed E-state index contributed by atoms with van der Waals surface area (Å²) in [6.45, 7) is 8.51. The number of nitrogens with zero attached hydrogens (tertiary/aromatic N) is 3. The first kappa shape index (κ1) is 23.2. The number of nitrogens with one attached hydrogen (secondary N) is 1. The Morgan fingerprint density at radius 2 is 1.94 bits per heavy atom. The van der Waals surface area contributed by atoms with Crippen LogP contribution in [0.2, 0.25) is 0 Å². The van der Waals surface area contributed by atoms with Crippen LogP contribution in [0.4, 0.5) is 0 Å². The van der Waals surface area contributed by atoms with E-state index in [0.717, 1.165) is 28.1 Å². The zero-order valence-corrected chi connectivity index (χ0v) is 20.3. The minimum absolute atomic E-state index is 0.0365. The zero-order valence-electron chi connectivity index (χ0n) is 19.4. The van der Waals surface area contributed by atoms with E-state index in [2.05, 4.69) is 27.6 Å². The molecule has 1 fully saturated rings. The molecule has 1 aromatic carbocycles. The Morgan fingerprint density at radius 3 is 2.55 bits per heavy atom. The maximum Gasteiger partial charge on any atom is 0.243 e. The monoisotopic (exact) mass is 466 g/mol. The maximum absolute atomic E-state index is 13.4. The van der Waals surface area contributed by atoms with E-state index in [4.69, 9.17) is 4.52 Å². The molecule has 174 valence electrons. The number of hydrogen-bond donors (Lipinski definition) is 1. The Balaban J connectivity index is 1.44. The van der Waals surface area contributed by atoms with E-state index >= 15 is 0 Å². The van der Waals surface area contributed by atoms with E-state index in [-0.39, 0.29) is 23.8 Å². The molecule has 0 aliphatic carbocycles. The summed E-state index contributed by atoms with van der Waals surface area (Å²) in [5, 5.41) is 6.87. The van der Waals surface area contributed by atoms with Gasteiger partial charge in [0.05, 0.1) is 28.3 Å². The summed E-state index contributed by atoms with van der Waals surface area (Å²) in [6, 6.07) is 9.30. The van der Waals surface area contributed by atoms with Gasteiger partial charge in [0, 0.05) is 12.6 Å². The van der Waals surface area contributed by atoms with Crippen LogP contribution in [0.5, 0.6) is 0 Å². The molecular weight excluding hydrogens is 436 g/mol. The molecule has 3 heterocycles. The average molecular weight is 467 g/mol. The summed E-state index contributed by atoms with van der Waals surface area (Å²) in [5.74, 6) is -0.0479. The van der Waals surface area contributed by atoms with Gasteiger partial charge in [-0.2, -0.15) is 0 Å². The molecule has 2 aromatic heterocycles. The molecule has 0 spiro atoms. The van der Waals surface area contributed by atoms with Gasteiger partial charge < -0.3 is 14.7 Å². The Hall–Kier alpha value is -3.00. The number of rotatable bonds is 7. The van der Waals surface area contributed by atoms with Gasteiger partial charge >= 0.3 is 0 Å². The van der Waals surface area contributed by atoms with Gasteiger partial charge in [0.2, 0.25) is 11.8 Å². The fourth-order valence-corrected chi connectivity index (χ4v) is 5.31. The standard InChI is InChI=1S/C25H30N4O3S/c1-15(2)22(21-11-12-27-32-21)25(31)29-13-5-6-20(29)24(30)28-16(3)18-7-9-19(10-8-18)23-17(4)26-14-33-23/h7-12,14-16,20,22H,5-6,13H2,1-4H3,(H,28,30). The molecule has 0 saturated carbocycles. The molecule has 4 rings (SSSR count). The highest BCUT2D eigenvalue weighted by molar-refractivity contribution is 7.13. The van der Waals surface area contributed by atoms with Crippen LogP contribution in [0.3, 0.4) is 0 Å². The van der Waals surface area contributed by atoms with Crippen molar-refractivity contribution >= 4 is 23.2 Å². The van der Waals surface area contributed by atoms with Gasteiger partial charge in [0.1, 0.15) is 17.7 Å². The number of aryl methyl sites for hydroxylation is 1. The van der Waals surface area contributed by atoms with Gasteiger partial charge in [-0.15, -0.1) is 11.3 Å². The Kier molecular flexibility index (Phi) is 6.93. The van der Waals surface area contributed by atoms with Crippen molar-refractivity contribution in [2.75, 3.05) is 6.54 Å². The van der Waals surface area contributed by atoms with Crippen LogP contribution in [-0.2, 0) is 9.59 Å². The van der Waals surface area contributed by atoms with Crippen molar-refractivity contribution < 1.29 is 14.1 Å². The predicted molar refractivity (Wildman–Crippen MR) is 128 cm³/mol. The largest absolute Gasteiger partial charge is 0.361 e. The molecule has 1 aliphatic rings. The van der Waals surface area contributed by atoms with Crippen molar-refractivity contribution in [3.05, 3.63) is 59.1 Å². The average Bonchev–Trinajstić information content (AvgIpc) is 3.55. The number of amides is 2. The molecular formula is C25H30N4O3S. The van der Waals surface area contributed by atoms with E-state index in [0.29, 0.717) is 18.7 Å². The number of likely N-dealkylation sites (tertiary alicyclic amines) is 1. The molecule has 3 unspecified atom stereocenters. The summed E-state index contributed by atoms with van der Waals surface area (Å²) in [6.07, 6.45) is 3.02. The number of aromatic nitrogens is 2. The summed E-state index contributed by atoms with van der Waals surface area (Å²) in [4.78, 5) is 33.7. The van der Waals surface area contributed by atoms with Crippen LogP contribution in [0.25, 0.3) is 10.4 Å². The number of hydrogen-bond acceptors (Lipinski definition) is 6. The van der Waals surface area contributed by atoms with Crippen LogP contribution in [0.15, 0.2) is 46.6 Å². The molecule has 8 heteroatoms. The molecule has 1 saturated heterocycles. The van der Waals surface area contributed by atoms with Gasteiger partial charge in [-0.3, -0.25) is 9.59 Å². The minimum Gasteiger partial charge on any atom is -0.361 e. The van der Waals surface area contributed by atoms with Crippen molar-refractivity contribution in [3.8, 4) is 10.4 Å². The van der Waals surface area contributed by atoms with Crippen LogP contribution < -0.4 is 5.32 Å². The molecule has 0 bridgehead atoms.